The predicted molar refractivity (Wildman–Crippen MR) is 609 cm³/mol. The van der Waals surface area contributed by atoms with Crippen molar-refractivity contribution >= 4 is 60.9 Å². The molecule has 858 valence electrons. The van der Waals surface area contributed by atoms with Crippen molar-refractivity contribution in [3.63, 3.8) is 0 Å². The fraction of sp³-hybridized carbons (Fsp3) is 0.729. The van der Waals surface area contributed by atoms with Crippen LogP contribution >= 0.6 is 0 Å². The zero-order chi connectivity index (χ0) is 115. The monoisotopic (exact) mass is 2090 g/mol. The summed E-state index contributed by atoms with van der Waals surface area (Å²) in [6.45, 7) is 65.0. The number of benzene rings is 2. The zero-order valence-electron chi connectivity index (χ0n) is 101. The van der Waals surface area contributed by atoms with E-state index in [2.05, 4.69) is 149 Å². The molecule has 0 bridgehead atoms. The second-order valence-corrected chi connectivity index (χ2v) is 41.7. The molecule has 30 heteroatoms. The molecule has 3 atom stereocenters. The normalized spacial score (nSPS) is 13.5. The second-order valence-electron chi connectivity index (χ2n) is 41.7. The van der Waals surface area contributed by atoms with Crippen LogP contribution in [0.15, 0.2) is 120 Å². The average Bonchev–Trinajstić information content (AvgIpc) is 0.829. The molecule has 2 fully saturated rings. The first-order valence-electron chi connectivity index (χ1n) is 54.4. The van der Waals surface area contributed by atoms with E-state index < -0.39 is 5.60 Å². The maximum Gasteiger partial charge on any atom is 0.410 e. The Bertz CT molecular complexity index is 3870. The van der Waals surface area contributed by atoms with Crippen LogP contribution in [0, 0.1) is 35.0 Å². The zero-order valence-corrected chi connectivity index (χ0v) is 101. The molecule has 2 aliphatic carbocycles. The standard InChI is InChI=1S/2C13H25NO2.2C13H23NO2.C13H27NO2.C11H15NO2.C11H21NO2.C11H23NO2.C10H13NO2.C10H21NO2/c1-13(2,3)10-6-8-11(9-7-10)16-12(15)14(4)5;2*1-11(2)7-6-8-12(3)9-10-16-13(15)14(4)5;1-7-13(4,10-8-9-11(2)3)16-12(15)14(5)6;1-5-9-10-12(6-2)11-16-13(15)14(7-3)8-4;1-12(2)11(13)14-9-8-10-6-4-3-5-7-10;1-3-12(4-2)11(13)14-10-8-6-5-7-9-10;1-8(2)11(5,9(3)4)14-10(13)12(6)7;1-11(2)10(12)13-8-9-6-4-3-5-7-9;1-4-7-8-9-13-10(12)11(5-2)6-3/h10-11H,6-9H2,1-5H3;7,12H,6,8-10H2,1-5H3;7,9H,6,8,10H2,1-5H3;7,9H,1,8,10H2,2-6H3;12H,5-11H2,1-4H3;3-7H,8-9H2,1-2H3;10H,3-9H2,1-2H3;8-9H,1-7H3;3-7H,8H2,1-2H3;4-9H2,1-3H3. The van der Waals surface area contributed by atoms with Crippen molar-refractivity contribution in [1.82, 2.24) is 49.0 Å². The molecule has 2 aliphatic rings. The third-order valence-electron chi connectivity index (χ3n) is 24.6. The van der Waals surface area contributed by atoms with Crippen molar-refractivity contribution in [3.8, 4) is 0 Å². The van der Waals surface area contributed by atoms with Gasteiger partial charge in [-0.15, -0.1) is 0 Å². The lowest BCUT2D eigenvalue weighted by Gasteiger charge is -2.37. The van der Waals surface area contributed by atoms with Crippen molar-refractivity contribution < 1.29 is 95.3 Å². The lowest BCUT2D eigenvalue weighted by molar-refractivity contribution is -0.0542. The van der Waals surface area contributed by atoms with Gasteiger partial charge >= 0.3 is 60.9 Å². The van der Waals surface area contributed by atoms with E-state index in [-0.39, 0.29) is 78.7 Å². The molecule has 10 amide bonds. The Morgan fingerprint density at radius 1 is 0.385 bits per heavy atom. The van der Waals surface area contributed by atoms with Crippen LogP contribution in [0.3, 0.4) is 0 Å². The molecular formula is C118H216N10O20. The van der Waals surface area contributed by atoms with Crippen molar-refractivity contribution in [2.24, 2.45) is 35.0 Å². The van der Waals surface area contributed by atoms with Crippen molar-refractivity contribution in [1.29, 1.82) is 0 Å². The Morgan fingerprint density at radius 3 is 1.20 bits per heavy atom. The van der Waals surface area contributed by atoms with Gasteiger partial charge in [-0.05, 0) is 271 Å². The topological polar surface area (TPSA) is 295 Å². The van der Waals surface area contributed by atoms with Crippen LogP contribution in [0.1, 0.15) is 339 Å². The smallest absolute Gasteiger partial charge is 0.410 e. The van der Waals surface area contributed by atoms with Crippen LogP contribution in [0.25, 0.3) is 0 Å². The second kappa shape index (κ2) is 89.6. The van der Waals surface area contributed by atoms with Gasteiger partial charge in [0, 0.05) is 144 Å². The summed E-state index contributed by atoms with van der Waals surface area (Å²) in [5, 5.41) is 0. The summed E-state index contributed by atoms with van der Waals surface area (Å²) in [5.41, 5.74) is 6.81. The Labute approximate surface area is 901 Å². The lowest BCUT2D eigenvalue weighted by atomic mass is 9.72. The maximum absolute atomic E-state index is 11.6. The van der Waals surface area contributed by atoms with Crippen molar-refractivity contribution in [2.45, 2.75) is 364 Å². The van der Waals surface area contributed by atoms with Gasteiger partial charge in [0.15, 0.2) is 0 Å². The fourth-order valence-corrected chi connectivity index (χ4v) is 13.5. The quantitative estimate of drug-likeness (QED) is 0.0339. The van der Waals surface area contributed by atoms with Gasteiger partial charge in [0.25, 0.3) is 0 Å². The van der Waals surface area contributed by atoms with Crippen LogP contribution in [-0.2, 0) is 60.4 Å². The summed E-state index contributed by atoms with van der Waals surface area (Å²) >= 11 is 0. The van der Waals surface area contributed by atoms with E-state index in [0.717, 1.165) is 153 Å². The molecule has 0 saturated heterocycles. The average molecular weight is 2100 g/mol. The number of carbonyl (C=O) groups excluding carboxylic acids is 10. The van der Waals surface area contributed by atoms with E-state index >= 15 is 0 Å². The first-order valence-corrected chi connectivity index (χ1v) is 54.4. The molecule has 0 heterocycles. The molecule has 3 unspecified atom stereocenters. The molecule has 0 N–H and O–H groups in total. The van der Waals surface area contributed by atoms with E-state index in [4.69, 9.17) is 47.4 Å². The lowest BCUT2D eigenvalue weighted by Crippen LogP contribution is -2.44. The Hall–Kier alpha value is -10.2. The SMILES string of the molecule is C=CC(C)(CCC=C(C)C)OC(=O)N(C)C.CC(C)=CCCC(C)=CCOC(=O)N(C)C.CC(C)=CCCC(C)CCOC(=O)N(C)C.CC(C)C(C)(OC(=O)N(C)C)C(C)C.CCCCC(CC)COC(=O)N(CC)CC.CCCCCOC(=O)N(CC)CC.CCN(CC)C(=O)OC1CCCCC1.CN(C)C(=O)OC1CCC(C(C)(C)C)CC1.CN(C)C(=O)OCCc1ccccc1.CN(C)C(=O)OCc1ccccc1. The third-order valence-corrected chi connectivity index (χ3v) is 24.6. The van der Waals surface area contributed by atoms with Crippen LogP contribution < -0.4 is 0 Å². The number of rotatable bonds is 42. The number of nitrogens with zero attached hydrogens (tertiary/aromatic N) is 10. The summed E-state index contributed by atoms with van der Waals surface area (Å²) < 4.78 is 52.1. The maximum atomic E-state index is 11.6. The van der Waals surface area contributed by atoms with Gasteiger partial charge in [-0.1, -0.05) is 222 Å². The highest BCUT2D eigenvalue weighted by molar-refractivity contribution is 5.71. The Morgan fingerprint density at radius 2 is 0.777 bits per heavy atom. The first kappa shape index (κ1) is 148. The van der Waals surface area contributed by atoms with Crippen molar-refractivity contribution in [3.05, 3.63) is 131 Å². The molecule has 2 aromatic carbocycles. The molecule has 0 radical (unpaired) electrons. The summed E-state index contributed by atoms with van der Waals surface area (Å²) in [7, 11) is 23.6. The minimum atomic E-state index is -0.590. The van der Waals surface area contributed by atoms with Crippen LogP contribution in [0.5, 0.6) is 0 Å². The molecule has 2 aromatic rings. The Balaban J connectivity index is -0.000000379. The van der Waals surface area contributed by atoms with Crippen LogP contribution in [-0.4, -0.2) is 304 Å². The molecule has 2 saturated carbocycles. The summed E-state index contributed by atoms with van der Waals surface area (Å²) in [6.07, 6.45) is 33.9. The number of ether oxygens (including phenoxy) is 10. The number of carbonyl (C=O) groups is 10. The summed E-state index contributed by atoms with van der Waals surface area (Å²) in [6, 6.07) is 19.6. The molecule has 148 heavy (non-hydrogen) atoms. The highest BCUT2D eigenvalue weighted by Crippen LogP contribution is 2.39. The van der Waals surface area contributed by atoms with Crippen LogP contribution in [0.4, 0.5) is 47.9 Å². The van der Waals surface area contributed by atoms with Gasteiger partial charge in [0.05, 0.1) is 26.4 Å². The van der Waals surface area contributed by atoms with E-state index in [1.807, 2.05) is 122 Å². The van der Waals surface area contributed by atoms with Gasteiger partial charge in [0.1, 0.15) is 36.6 Å². The summed E-state index contributed by atoms with van der Waals surface area (Å²) in [4.78, 5) is 128. The molecule has 30 nitrogen and oxygen atoms in total. The third kappa shape index (κ3) is 81.7. The van der Waals surface area contributed by atoms with E-state index in [0.29, 0.717) is 68.7 Å². The molecule has 0 aromatic heterocycles. The van der Waals surface area contributed by atoms with Gasteiger partial charge < -0.3 is 96.4 Å². The number of allylic oxidation sites excluding steroid dienone is 7. The number of unbranched alkanes of at least 4 members (excludes halogenated alkanes) is 3. The minimum absolute atomic E-state index is 0.133. The minimum Gasteiger partial charge on any atom is -0.449 e. The largest absolute Gasteiger partial charge is 0.449 e. The molecule has 4 rings (SSSR count). The highest BCUT2D eigenvalue weighted by Gasteiger charge is 2.37. The van der Waals surface area contributed by atoms with E-state index in [1.165, 1.54) is 114 Å². The highest BCUT2D eigenvalue weighted by atomic mass is 16.6. The van der Waals surface area contributed by atoms with Crippen LogP contribution in [0.2, 0.25) is 0 Å². The predicted octanol–water partition coefficient (Wildman–Crippen LogP) is 29.2. The van der Waals surface area contributed by atoms with Crippen molar-refractivity contribution in [2.75, 3.05) is 171 Å². The molecule has 0 aliphatic heterocycles. The van der Waals surface area contributed by atoms with E-state index in [1.54, 1.807) is 119 Å². The Kier molecular flexibility index (Phi) is 89.9. The number of hydrogen-bond acceptors (Lipinski definition) is 20. The van der Waals surface area contributed by atoms with Gasteiger partial charge in [-0.2, -0.15) is 0 Å². The fourth-order valence-electron chi connectivity index (χ4n) is 13.5. The first-order chi connectivity index (χ1) is 69.3. The molecule has 0 spiro atoms. The van der Waals surface area contributed by atoms with Gasteiger partial charge in [0.2, 0.25) is 0 Å². The van der Waals surface area contributed by atoms with Gasteiger partial charge in [-0.25, -0.2) is 47.9 Å². The van der Waals surface area contributed by atoms with E-state index in [9.17, 15) is 47.9 Å². The summed E-state index contributed by atoms with van der Waals surface area (Å²) in [5.74, 6) is 2.52. The molecular weight excluding hydrogens is 1880 g/mol. The van der Waals surface area contributed by atoms with Gasteiger partial charge in [-0.3, -0.25) is 0 Å². The number of hydrogen-bond donors (Lipinski definition) is 0. The number of amides is 10.